The molecule has 0 N–H and O–H groups in total. The maximum atomic E-state index is 6.09. The number of benzene rings is 2. The SMILES string of the molecule is CC(C)(C)c1ccc(Oc2ccc3c(C=CC4=CCCC=C4)nccc3c2)cc1. The van der Waals surface area contributed by atoms with Gasteiger partial charge in [-0.25, -0.2) is 0 Å². The number of fused-ring (bicyclic) bond motifs is 1. The van der Waals surface area contributed by atoms with Gasteiger partial charge in [-0.15, -0.1) is 0 Å². The number of hydrogen-bond donors (Lipinski definition) is 0. The van der Waals surface area contributed by atoms with Crippen molar-refractivity contribution in [1.29, 1.82) is 0 Å². The van der Waals surface area contributed by atoms with Crippen molar-refractivity contribution >= 4 is 16.8 Å². The zero-order chi connectivity index (χ0) is 20.3. The largest absolute Gasteiger partial charge is 0.457 e. The van der Waals surface area contributed by atoms with Gasteiger partial charge in [0.2, 0.25) is 0 Å². The highest BCUT2D eigenvalue weighted by Crippen LogP contribution is 2.29. The smallest absolute Gasteiger partial charge is 0.128 e. The lowest BCUT2D eigenvalue weighted by Gasteiger charge is -2.19. The van der Waals surface area contributed by atoms with Crippen molar-refractivity contribution in [1.82, 2.24) is 4.98 Å². The minimum absolute atomic E-state index is 0.141. The minimum Gasteiger partial charge on any atom is -0.457 e. The van der Waals surface area contributed by atoms with Gasteiger partial charge < -0.3 is 4.74 Å². The molecule has 0 atom stereocenters. The third kappa shape index (κ3) is 4.65. The Hall–Kier alpha value is -3.13. The number of allylic oxidation sites excluding steroid dienone is 5. The van der Waals surface area contributed by atoms with E-state index in [1.165, 1.54) is 11.1 Å². The van der Waals surface area contributed by atoms with E-state index < -0.39 is 0 Å². The van der Waals surface area contributed by atoms with Gasteiger partial charge in [-0.2, -0.15) is 0 Å². The number of pyridine rings is 1. The molecule has 0 unspecified atom stereocenters. The molecule has 0 spiro atoms. The van der Waals surface area contributed by atoms with E-state index in [1.807, 2.05) is 30.5 Å². The number of rotatable bonds is 4. The fourth-order valence-electron chi connectivity index (χ4n) is 3.47. The van der Waals surface area contributed by atoms with E-state index in [1.54, 1.807) is 0 Å². The Labute approximate surface area is 173 Å². The lowest BCUT2D eigenvalue weighted by Crippen LogP contribution is -2.10. The van der Waals surface area contributed by atoms with E-state index in [4.69, 9.17) is 4.74 Å². The van der Waals surface area contributed by atoms with Gasteiger partial charge in [0.25, 0.3) is 0 Å². The average molecular weight is 382 g/mol. The van der Waals surface area contributed by atoms with Crippen LogP contribution in [0.2, 0.25) is 0 Å². The van der Waals surface area contributed by atoms with Crippen LogP contribution in [0, 0.1) is 0 Å². The molecule has 0 radical (unpaired) electrons. The van der Waals surface area contributed by atoms with Gasteiger partial charge in [-0.3, -0.25) is 4.98 Å². The summed E-state index contributed by atoms with van der Waals surface area (Å²) in [7, 11) is 0. The van der Waals surface area contributed by atoms with Crippen LogP contribution in [-0.2, 0) is 5.41 Å². The van der Waals surface area contributed by atoms with Gasteiger partial charge in [0.15, 0.2) is 0 Å². The molecule has 1 aliphatic rings. The fraction of sp³-hybridized carbons (Fsp3) is 0.222. The van der Waals surface area contributed by atoms with Crippen LogP contribution >= 0.6 is 0 Å². The molecule has 0 saturated carbocycles. The van der Waals surface area contributed by atoms with E-state index in [0.717, 1.165) is 40.8 Å². The van der Waals surface area contributed by atoms with Crippen LogP contribution in [0.25, 0.3) is 16.8 Å². The van der Waals surface area contributed by atoms with Crippen LogP contribution in [0.5, 0.6) is 11.5 Å². The van der Waals surface area contributed by atoms with E-state index in [-0.39, 0.29) is 5.41 Å². The number of aromatic nitrogens is 1. The molecule has 4 rings (SSSR count). The summed E-state index contributed by atoms with van der Waals surface area (Å²) < 4.78 is 6.09. The first-order valence-corrected chi connectivity index (χ1v) is 10.2. The summed E-state index contributed by atoms with van der Waals surface area (Å²) in [5.74, 6) is 1.68. The summed E-state index contributed by atoms with van der Waals surface area (Å²) in [5.41, 5.74) is 3.66. The van der Waals surface area contributed by atoms with Gasteiger partial charge in [0, 0.05) is 11.6 Å². The number of hydrogen-bond acceptors (Lipinski definition) is 2. The summed E-state index contributed by atoms with van der Waals surface area (Å²) in [5, 5.41) is 2.25. The molecule has 0 bridgehead atoms. The quantitative estimate of drug-likeness (QED) is 0.464. The second kappa shape index (κ2) is 8.08. The molecule has 1 heterocycles. The van der Waals surface area contributed by atoms with Crippen molar-refractivity contribution < 1.29 is 4.74 Å². The molecule has 146 valence electrons. The molecule has 1 aliphatic carbocycles. The molecule has 0 saturated heterocycles. The molecule has 2 heteroatoms. The van der Waals surface area contributed by atoms with Crippen molar-refractivity contribution in [2.24, 2.45) is 0 Å². The predicted octanol–water partition coefficient (Wildman–Crippen LogP) is 7.61. The molecular weight excluding hydrogens is 354 g/mol. The molecule has 0 fully saturated rings. The van der Waals surface area contributed by atoms with Gasteiger partial charge in [0.1, 0.15) is 11.5 Å². The van der Waals surface area contributed by atoms with Crippen LogP contribution in [-0.4, -0.2) is 4.98 Å². The van der Waals surface area contributed by atoms with Crippen LogP contribution < -0.4 is 4.74 Å². The summed E-state index contributed by atoms with van der Waals surface area (Å²) in [6.45, 7) is 6.65. The van der Waals surface area contributed by atoms with E-state index in [2.05, 4.69) is 80.4 Å². The second-order valence-electron chi connectivity index (χ2n) is 8.47. The molecule has 0 amide bonds. The van der Waals surface area contributed by atoms with Gasteiger partial charge in [-0.1, -0.05) is 57.2 Å². The maximum absolute atomic E-state index is 6.09. The van der Waals surface area contributed by atoms with E-state index >= 15 is 0 Å². The van der Waals surface area contributed by atoms with Crippen LogP contribution in [0.3, 0.4) is 0 Å². The van der Waals surface area contributed by atoms with Crippen molar-refractivity contribution in [3.63, 3.8) is 0 Å². The minimum atomic E-state index is 0.141. The number of ether oxygens (including phenoxy) is 1. The standard InChI is InChI=1S/C27H27NO/c1-27(2,3)22-10-12-23(13-11-22)29-24-14-15-25-21(19-24)17-18-28-26(25)16-9-20-7-5-4-6-8-20/h5,7-19H,4,6H2,1-3H3. The summed E-state index contributed by atoms with van der Waals surface area (Å²) >= 11 is 0. The molecule has 2 nitrogen and oxygen atoms in total. The molecular formula is C27H27NO. The fourth-order valence-corrected chi connectivity index (χ4v) is 3.47. The summed E-state index contributed by atoms with van der Waals surface area (Å²) in [4.78, 5) is 4.56. The Morgan fingerprint density at radius 2 is 1.69 bits per heavy atom. The van der Waals surface area contributed by atoms with Gasteiger partial charge in [-0.05, 0) is 77.3 Å². The summed E-state index contributed by atoms with van der Waals surface area (Å²) in [6, 6.07) is 16.6. The molecule has 29 heavy (non-hydrogen) atoms. The lowest BCUT2D eigenvalue weighted by atomic mass is 9.87. The Morgan fingerprint density at radius 3 is 2.41 bits per heavy atom. The van der Waals surface area contributed by atoms with Crippen molar-refractivity contribution in [2.75, 3.05) is 0 Å². The van der Waals surface area contributed by atoms with Crippen molar-refractivity contribution in [3.05, 3.63) is 95.9 Å². The topological polar surface area (TPSA) is 22.1 Å². The Balaban J connectivity index is 1.56. The zero-order valence-corrected chi connectivity index (χ0v) is 17.4. The molecule has 0 aliphatic heterocycles. The molecule has 2 aromatic carbocycles. The van der Waals surface area contributed by atoms with Crippen molar-refractivity contribution in [3.8, 4) is 11.5 Å². The van der Waals surface area contributed by atoms with Gasteiger partial charge >= 0.3 is 0 Å². The highest BCUT2D eigenvalue weighted by Gasteiger charge is 2.13. The molecule has 1 aromatic heterocycles. The van der Waals surface area contributed by atoms with Crippen LogP contribution in [0.15, 0.2) is 84.6 Å². The van der Waals surface area contributed by atoms with E-state index in [0.29, 0.717) is 0 Å². The first-order chi connectivity index (χ1) is 14.0. The Kier molecular flexibility index (Phi) is 5.35. The molecule has 3 aromatic rings. The van der Waals surface area contributed by atoms with Gasteiger partial charge in [0.05, 0.1) is 5.69 Å². The van der Waals surface area contributed by atoms with Crippen molar-refractivity contribution in [2.45, 2.75) is 39.0 Å². The van der Waals surface area contributed by atoms with Crippen LogP contribution in [0.1, 0.15) is 44.9 Å². The first-order valence-electron chi connectivity index (χ1n) is 10.2. The normalized spacial score (nSPS) is 14.4. The highest BCUT2D eigenvalue weighted by atomic mass is 16.5. The second-order valence-corrected chi connectivity index (χ2v) is 8.47. The van der Waals surface area contributed by atoms with Crippen LogP contribution in [0.4, 0.5) is 0 Å². The first kappa shape index (κ1) is 19.2. The number of nitrogens with zero attached hydrogens (tertiary/aromatic N) is 1. The zero-order valence-electron chi connectivity index (χ0n) is 17.4. The van der Waals surface area contributed by atoms with E-state index in [9.17, 15) is 0 Å². The monoisotopic (exact) mass is 381 g/mol. The average Bonchev–Trinajstić information content (AvgIpc) is 2.72. The lowest BCUT2D eigenvalue weighted by molar-refractivity contribution is 0.482. The Morgan fingerprint density at radius 1 is 0.897 bits per heavy atom. The Bertz CT molecular complexity index is 1100. The summed E-state index contributed by atoms with van der Waals surface area (Å²) in [6.07, 6.45) is 15.0. The maximum Gasteiger partial charge on any atom is 0.128 e. The predicted molar refractivity (Wildman–Crippen MR) is 122 cm³/mol. The third-order valence-electron chi connectivity index (χ3n) is 5.18. The third-order valence-corrected chi connectivity index (χ3v) is 5.18. The highest BCUT2D eigenvalue weighted by molar-refractivity contribution is 5.90.